The molecular weight excluding hydrogens is 232 g/mol. The van der Waals surface area contributed by atoms with Gasteiger partial charge in [0.05, 0.1) is 6.10 Å². The Morgan fingerprint density at radius 2 is 1.94 bits per heavy atom. The SMILES string of the molecule is C=C(C)C(=O)OCC(O)C[C@@H]1CC1C(=O)C(=C)C. The number of esters is 1. The van der Waals surface area contributed by atoms with E-state index in [0.29, 0.717) is 17.6 Å². The smallest absolute Gasteiger partial charge is 0.333 e. The van der Waals surface area contributed by atoms with E-state index < -0.39 is 12.1 Å². The van der Waals surface area contributed by atoms with E-state index in [1.807, 2.05) is 0 Å². The van der Waals surface area contributed by atoms with Gasteiger partial charge in [-0.05, 0) is 38.2 Å². The summed E-state index contributed by atoms with van der Waals surface area (Å²) < 4.78 is 4.85. The molecule has 0 radical (unpaired) electrons. The van der Waals surface area contributed by atoms with Crippen LogP contribution >= 0.6 is 0 Å². The van der Waals surface area contributed by atoms with Crippen molar-refractivity contribution in [2.45, 2.75) is 32.8 Å². The molecule has 4 nitrogen and oxygen atoms in total. The van der Waals surface area contributed by atoms with Crippen LogP contribution in [0.25, 0.3) is 0 Å². The van der Waals surface area contributed by atoms with Gasteiger partial charge in [0.2, 0.25) is 0 Å². The Kier molecular flexibility index (Phi) is 4.84. The molecule has 1 saturated carbocycles. The van der Waals surface area contributed by atoms with Crippen molar-refractivity contribution in [2.75, 3.05) is 6.61 Å². The van der Waals surface area contributed by atoms with Gasteiger partial charge < -0.3 is 9.84 Å². The Labute approximate surface area is 107 Å². The number of ether oxygens (including phenoxy) is 1. The van der Waals surface area contributed by atoms with Crippen molar-refractivity contribution in [3.63, 3.8) is 0 Å². The molecule has 0 aromatic rings. The highest BCUT2D eigenvalue weighted by molar-refractivity contribution is 5.97. The van der Waals surface area contributed by atoms with Crippen LogP contribution in [0.15, 0.2) is 24.3 Å². The summed E-state index contributed by atoms with van der Waals surface area (Å²) in [5, 5.41) is 9.69. The molecule has 0 aromatic heterocycles. The van der Waals surface area contributed by atoms with Crippen LogP contribution in [0.4, 0.5) is 0 Å². The minimum absolute atomic E-state index is 0.00556. The summed E-state index contributed by atoms with van der Waals surface area (Å²) >= 11 is 0. The average Bonchev–Trinajstić information content (AvgIpc) is 3.03. The van der Waals surface area contributed by atoms with Gasteiger partial charge in [0.25, 0.3) is 0 Å². The Morgan fingerprint density at radius 1 is 1.33 bits per heavy atom. The van der Waals surface area contributed by atoms with E-state index in [-0.39, 0.29) is 24.2 Å². The van der Waals surface area contributed by atoms with Crippen molar-refractivity contribution in [1.82, 2.24) is 0 Å². The summed E-state index contributed by atoms with van der Waals surface area (Å²) in [6.45, 7) is 10.3. The number of carbonyl (C=O) groups is 2. The zero-order valence-corrected chi connectivity index (χ0v) is 10.9. The fourth-order valence-corrected chi connectivity index (χ4v) is 1.86. The van der Waals surface area contributed by atoms with Crippen LogP contribution < -0.4 is 0 Å². The van der Waals surface area contributed by atoms with Gasteiger partial charge in [0, 0.05) is 11.5 Å². The molecule has 1 N–H and O–H groups in total. The van der Waals surface area contributed by atoms with Gasteiger partial charge in [0.15, 0.2) is 5.78 Å². The molecule has 0 bridgehead atoms. The van der Waals surface area contributed by atoms with E-state index in [9.17, 15) is 14.7 Å². The second kappa shape index (κ2) is 5.96. The normalized spacial score (nSPS) is 23.1. The number of carbonyl (C=O) groups excluding carboxylic acids is 2. The molecule has 0 amide bonds. The summed E-state index contributed by atoms with van der Waals surface area (Å²) in [4.78, 5) is 22.7. The number of aliphatic hydroxyl groups is 1. The van der Waals surface area contributed by atoms with Crippen molar-refractivity contribution in [1.29, 1.82) is 0 Å². The van der Waals surface area contributed by atoms with Gasteiger partial charge in [0.1, 0.15) is 6.61 Å². The molecule has 1 rings (SSSR count). The number of hydrogen-bond acceptors (Lipinski definition) is 4. The van der Waals surface area contributed by atoms with Crippen LogP contribution in [-0.4, -0.2) is 29.6 Å². The molecule has 0 aromatic carbocycles. The van der Waals surface area contributed by atoms with Gasteiger partial charge in [-0.25, -0.2) is 4.79 Å². The van der Waals surface area contributed by atoms with Gasteiger partial charge in [-0.15, -0.1) is 0 Å². The van der Waals surface area contributed by atoms with Gasteiger partial charge in [-0.2, -0.15) is 0 Å². The predicted molar refractivity (Wildman–Crippen MR) is 67.8 cm³/mol. The number of hydrogen-bond donors (Lipinski definition) is 1. The van der Waals surface area contributed by atoms with Crippen molar-refractivity contribution in [3.05, 3.63) is 24.3 Å². The quantitative estimate of drug-likeness (QED) is 0.552. The molecule has 1 aliphatic carbocycles. The van der Waals surface area contributed by atoms with E-state index in [0.717, 1.165) is 6.42 Å². The van der Waals surface area contributed by atoms with Crippen LogP contribution in [0.3, 0.4) is 0 Å². The number of ketones is 1. The summed E-state index contributed by atoms with van der Waals surface area (Å²) in [6, 6.07) is 0. The lowest BCUT2D eigenvalue weighted by Gasteiger charge is -2.10. The summed E-state index contributed by atoms with van der Waals surface area (Å²) in [5.74, 6) is -0.243. The highest BCUT2D eigenvalue weighted by Gasteiger charge is 2.43. The Bertz CT molecular complexity index is 383. The summed E-state index contributed by atoms with van der Waals surface area (Å²) in [6.07, 6.45) is 0.547. The van der Waals surface area contributed by atoms with Crippen molar-refractivity contribution >= 4 is 11.8 Å². The van der Waals surface area contributed by atoms with Gasteiger partial charge >= 0.3 is 5.97 Å². The largest absolute Gasteiger partial charge is 0.460 e. The summed E-state index contributed by atoms with van der Waals surface area (Å²) in [5.41, 5.74) is 0.870. The second-order valence-electron chi connectivity index (χ2n) is 5.02. The first-order chi connectivity index (χ1) is 8.32. The third-order valence-electron chi connectivity index (χ3n) is 3.01. The Balaban J connectivity index is 2.25. The first kappa shape index (κ1) is 14.6. The monoisotopic (exact) mass is 252 g/mol. The standard InChI is InChI=1S/C14H20O4/c1-8(2)13(16)12-6-10(12)5-11(15)7-18-14(17)9(3)4/h10-12,15H,1,3,5-7H2,2,4H3/t10-,11?,12?/m1/s1. The van der Waals surface area contributed by atoms with Crippen molar-refractivity contribution in [2.24, 2.45) is 11.8 Å². The predicted octanol–water partition coefficient (Wildman–Crippen LogP) is 1.64. The lowest BCUT2D eigenvalue weighted by molar-refractivity contribution is -0.142. The Hall–Kier alpha value is -1.42. The van der Waals surface area contributed by atoms with Crippen LogP contribution in [0.1, 0.15) is 26.7 Å². The van der Waals surface area contributed by atoms with E-state index in [1.165, 1.54) is 0 Å². The maximum Gasteiger partial charge on any atom is 0.333 e. The number of rotatable bonds is 7. The third kappa shape index (κ3) is 4.11. The minimum atomic E-state index is -0.721. The molecular formula is C14H20O4. The molecule has 100 valence electrons. The highest BCUT2D eigenvalue weighted by atomic mass is 16.5. The number of Topliss-reactive ketones (excluding diaryl/α,β-unsaturated/α-hetero) is 1. The molecule has 0 heterocycles. The zero-order valence-electron chi connectivity index (χ0n) is 10.9. The average molecular weight is 252 g/mol. The van der Waals surface area contributed by atoms with Crippen LogP contribution in [0.5, 0.6) is 0 Å². The molecule has 4 heteroatoms. The van der Waals surface area contributed by atoms with E-state index >= 15 is 0 Å². The van der Waals surface area contributed by atoms with Crippen molar-refractivity contribution < 1.29 is 19.4 Å². The highest BCUT2D eigenvalue weighted by Crippen LogP contribution is 2.43. The molecule has 18 heavy (non-hydrogen) atoms. The topological polar surface area (TPSA) is 63.6 Å². The second-order valence-corrected chi connectivity index (χ2v) is 5.02. The molecule has 1 aliphatic rings. The number of aliphatic hydroxyl groups excluding tert-OH is 1. The van der Waals surface area contributed by atoms with Gasteiger partial charge in [-0.3, -0.25) is 4.79 Å². The Morgan fingerprint density at radius 3 is 2.44 bits per heavy atom. The van der Waals surface area contributed by atoms with E-state index in [1.54, 1.807) is 13.8 Å². The number of allylic oxidation sites excluding steroid dienone is 1. The molecule has 0 aliphatic heterocycles. The summed E-state index contributed by atoms with van der Waals surface area (Å²) in [7, 11) is 0. The third-order valence-corrected chi connectivity index (χ3v) is 3.01. The molecule has 0 saturated heterocycles. The molecule has 3 atom stereocenters. The van der Waals surface area contributed by atoms with Gasteiger partial charge in [-0.1, -0.05) is 13.2 Å². The molecule has 2 unspecified atom stereocenters. The maximum absolute atomic E-state index is 11.6. The fourth-order valence-electron chi connectivity index (χ4n) is 1.86. The van der Waals surface area contributed by atoms with E-state index in [4.69, 9.17) is 4.74 Å². The lowest BCUT2D eigenvalue weighted by Crippen LogP contribution is -2.20. The molecule has 1 fully saturated rings. The van der Waals surface area contributed by atoms with Crippen LogP contribution in [0, 0.1) is 11.8 Å². The minimum Gasteiger partial charge on any atom is -0.460 e. The fraction of sp³-hybridized carbons (Fsp3) is 0.571. The van der Waals surface area contributed by atoms with E-state index in [2.05, 4.69) is 13.2 Å². The lowest BCUT2D eigenvalue weighted by atomic mass is 10.1. The van der Waals surface area contributed by atoms with Crippen LogP contribution in [0.2, 0.25) is 0 Å². The molecule has 0 spiro atoms. The first-order valence-corrected chi connectivity index (χ1v) is 6.03. The first-order valence-electron chi connectivity index (χ1n) is 6.03. The maximum atomic E-state index is 11.6. The van der Waals surface area contributed by atoms with Crippen LogP contribution in [-0.2, 0) is 14.3 Å². The van der Waals surface area contributed by atoms with Crippen molar-refractivity contribution in [3.8, 4) is 0 Å². The zero-order chi connectivity index (χ0) is 13.9.